The summed E-state index contributed by atoms with van der Waals surface area (Å²) in [6.45, 7) is 3.55. The first-order chi connectivity index (χ1) is 21.9. The Labute approximate surface area is 268 Å². The third kappa shape index (κ3) is 8.60. The van der Waals surface area contributed by atoms with Crippen molar-refractivity contribution < 1.29 is 36.2 Å². The molecule has 0 heterocycles. The maximum absolute atomic E-state index is 13.3. The van der Waals surface area contributed by atoms with Gasteiger partial charge in [0.2, 0.25) is 19.7 Å². The Kier molecular flexibility index (Phi) is 11.0. The van der Waals surface area contributed by atoms with Crippen LogP contribution in [0.1, 0.15) is 13.8 Å². The van der Waals surface area contributed by atoms with Gasteiger partial charge in [0.05, 0.1) is 19.6 Å². The van der Waals surface area contributed by atoms with Gasteiger partial charge in [-0.3, -0.25) is 4.79 Å². The molecule has 11 heteroatoms. The highest BCUT2D eigenvalue weighted by atomic mass is 32.2. The van der Waals surface area contributed by atoms with Crippen molar-refractivity contribution in [2.45, 2.75) is 39.5 Å². The molecule has 0 spiro atoms. The minimum absolute atomic E-state index is 0.0208. The Hall–Kier alpha value is -4.97. The Morgan fingerprint density at radius 1 is 0.543 bits per heavy atom. The molecular formula is C35H33NO8S2. The third-order valence-electron chi connectivity index (χ3n) is 6.66. The lowest BCUT2D eigenvalue weighted by Gasteiger charge is -2.10. The van der Waals surface area contributed by atoms with Crippen LogP contribution in [0.4, 0.5) is 0 Å². The average Bonchev–Trinajstić information content (AvgIpc) is 3.06. The Morgan fingerprint density at radius 3 is 1.20 bits per heavy atom. The van der Waals surface area contributed by atoms with Crippen molar-refractivity contribution in [3.05, 3.63) is 133 Å². The van der Waals surface area contributed by atoms with E-state index in [9.17, 15) is 21.6 Å². The monoisotopic (exact) mass is 659 g/mol. The predicted molar refractivity (Wildman–Crippen MR) is 174 cm³/mol. The second-order valence-corrected chi connectivity index (χ2v) is 14.3. The van der Waals surface area contributed by atoms with E-state index in [0.717, 1.165) is 0 Å². The summed E-state index contributed by atoms with van der Waals surface area (Å²) in [5.41, 5.74) is 5.16. The van der Waals surface area contributed by atoms with Gasteiger partial charge in [0.1, 0.15) is 29.0 Å². The zero-order valence-electron chi connectivity index (χ0n) is 25.1. The van der Waals surface area contributed by atoms with E-state index < -0.39 is 31.7 Å². The summed E-state index contributed by atoms with van der Waals surface area (Å²) in [4.78, 5) is 9.81. The van der Waals surface area contributed by atoms with E-state index >= 15 is 0 Å². The second kappa shape index (κ2) is 14.9. The van der Waals surface area contributed by atoms with Crippen LogP contribution in [0.15, 0.2) is 153 Å². The van der Waals surface area contributed by atoms with E-state index in [-0.39, 0.29) is 25.5 Å². The topological polar surface area (TPSA) is 150 Å². The van der Waals surface area contributed by atoms with Crippen molar-refractivity contribution in [2.75, 3.05) is 0 Å². The minimum atomic E-state index is -3.97. The smallest absolute Gasteiger partial charge is 0.320 e. The summed E-state index contributed by atoms with van der Waals surface area (Å²) in [5.74, 6) is 1.30. The molecule has 0 saturated carbocycles. The van der Waals surface area contributed by atoms with Crippen LogP contribution in [0.2, 0.25) is 0 Å². The van der Waals surface area contributed by atoms with Crippen molar-refractivity contribution in [3.8, 4) is 23.0 Å². The van der Waals surface area contributed by atoms with Gasteiger partial charge in [-0.15, -0.1) is 0 Å². The first-order valence-corrected chi connectivity index (χ1v) is 17.1. The van der Waals surface area contributed by atoms with Crippen molar-refractivity contribution in [1.82, 2.24) is 0 Å². The van der Waals surface area contributed by atoms with Gasteiger partial charge in [0.25, 0.3) is 0 Å². The molecule has 5 rings (SSSR count). The van der Waals surface area contributed by atoms with Gasteiger partial charge < -0.3 is 20.3 Å². The summed E-state index contributed by atoms with van der Waals surface area (Å²) in [6.07, 6.45) is 0. The average molecular weight is 660 g/mol. The molecule has 0 fully saturated rings. The van der Waals surface area contributed by atoms with Crippen LogP contribution in [0.25, 0.3) is 0 Å². The van der Waals surface area contributed by atoms with E-state index in [0.29, 0.717) is 23.0 Å². The number of carboxylic acid groups (broad SMARTS) is 1. The first-order valence-electron chi connectivity index (χ1n) is 14.1. The van der Waals surface area contributed by atoms with Gasteiger partial charge in [-0.05, 0) is 96.9 Å². The van der Waals surface area contributed by atoms with Crippen molar-refractivity contribution in [2.24, 2.45) is 11.7 Å². The summed E-state index contributed by atoms with van der Waals surface area (Å²) < 4.78 is 64.6. The molecule has 0 bridgehead atoms. The van der Waals surface area contributed by atoms with E-state index in [1.807, 2.05) is 36.4 Å². The van der Waals surface area contributed by atoms with Gasteiger partial charge in [-0.2, -0.15) is 0 Å². The van der Waals surface area contributed by atoms with Crippen LogP contribution in [-0.4, -0.2) is 34.0 Å². The lowest BCUT2D eigenvalue weighted by Crippen LogP contribution is -2.34. The number of sulfone groups is 2. The van der Waals surface area contributed by atoms with E-state index in [2.05, 4.69) is 0 Å². The summed E-state index contributed by atoms with van der Waals surface area (Å²) in [5, 5.41) is 8.23. The largest absolute Gasteiger partial charge is 0.480 e. The van der Waals surface area contributed by atoms with Gasteiger partial charge in [0.15, 0.2) is 0 Å². The van der Waals surface area contributed by atoms with Crippen LogP contribution in [0.5, 0.6) is 23.0 Å². The molecule has 238 valence electrons. The molecule has 46 heavy (non-hydrogen) atoms. The Balaban J connectivity index is 0.000000533. The molecule has 0 saturated heterocycles. The Bertz CT molecular complexity index is 1830. The molecule has 0 aromatic heterocycles. The highest BCUT2D eigenvalue weighted by molar-refractivity contribution is 7.92. The molecule has 9 nitrogen and oxygen atoms in total. The van der Waals surface area contributed by atoms with Crippen LogP contribution in [0.3, 0.4) is 0 Å². The number of carboxylic acids is 1. The summed E-state index contributed by atoms with van der Waals surface area (Å²) in [6, 6.07) is 34.8. The van der Waals surface area contributed by atoms with E-state index in [1.54, 1.807) is 62.4 Å². The quantitative estimate of drug-likeness (QED) is 0.162. The first kappa shape index (κ1) is 33.9. The molecule has 0 aliphatic rings. The predicted octanol–water partition coefficient (Wildman–Crippen LogP) is 6.99. The molecule has 0 aliphatic carbocycles. The van der Waals surface area contributed by atoms with Crippen LogP contribution < -0.4 is 15.2 Å². The lowest BCUT2D eigenvalue weighted by atomic mass is 10.1. The zero-order valence-corrected chi connectivity index (χ0v) is 26.7. The minimum Gasteiger partial charge on any atom is -0.480 e. The number of benzene rings is 5. The van der Waals surface area contributed by atoms with Gasteiger partial charge >= 0.3 is 5.97 Å². The molecular weight excluding hydrogens is 627 g/mol. The number of aliphatic carboxylic acids is 1. The number of nitrogens with two attached hydrogens (primary N) is 1. The maximum Gasteiger partial charge on any atom is 0.320 e. The molecule has 0 radical (unpaired) electrons. The number of carbonyl (C=O) groups is 1. The van der Waals surface area contributed by atoms with Gasteiger partial charge in [0, 0.05) is 0 Å². The highest BCUT2D eigenvalue weighted by Crippen LogP contribution is 2.30. The van der Waals surface area contributed by atoms with Crippen molar-refractivity contribution in [1.29, 1.82) is 0 Å². The third-order valence-corrected chi connectivity index (χ3v) is 10.2. The molecule has 5 aromatic carbocycles. The molecule has 3 N–H and O–H groups in total. The lowest BCUT2D eigenvalue weighted by molar-refractivity contribution is -0.139. The number of ether oxygens (including phenoxy) is 2. The maximum atomic E-state index is 13.3. The normalized spacial score (nSPS) is 12.0. The van der Waals surface area contributed by atoms with E-state index in [4.69, 9.17) is 20.3 Å². The van der Waals surface area contributed by atoms with Crippen molar-refractivity contribution in [3.63, 3.8) is 0 Å². The SMILES string of the molecule is CC(C)[C@H](N)C(=O)O.O=S(=O)(c1ccc(Oc2ccccc2)cc1)c1cccc(S(=O)(=O)c2ccc(Oc3ccccc3)cc2)c1. The fourth-order valence-corrected chi connectivity index (χ4v) is 6.68. The summed E-state index contributed by atoms with van der Waals surface area (Å²) in [7, 11) is -7.95. The number of rotatable bonds is 10. The molecule has 1 atom stereocenters. The molecule has 0 amide bonds. The fourth-order valence-electron chi connectivity index (χ4n) is 3.99. The van der Waals surface area contributed by atoms with Crippen LogP contribution in [0, 0.1) is 5.92 Å². The number of hydrogen-bond donors (Lipinski definition) is 2. The van der Waals surface area contributed by atoms with Crippen LogP contribution in [-0.2, 0) is 24.5 Å². The highest BCUT2D eigenvalue weighted by Gasteiger charge is 2.23. The fraction of sp³-hybridized carbons (Fsp3) is 0.114. The van der Waals surface area contributed by atoms with Crippen molar-refractivity contribution >= 4 is 25.6 Å². The number of hydrogen-bond acceptors (Lipinski definition) is 8. The molecule has 0 aliphatic heterocycles. The Morgan fingerprint density at radius 2 is 0.891 bits per heavy atom. The van der Waals surface area contributed by atoms with E-state index in [1.165, 1.54) is 48.5 Å². The zero-order chi connectivity index (χ0) is 33.3. The number of para-hydroxylation sites is 2. The van der Waals surface area contributed by atoms with Gasteiger partial charge in [-0.1, -0.05) is 56.3 Å². The second-order valence-electron chi connectivity index (χ2n) is 10.4. The molecule has 0 unspecified atom stereocenters. The standard InChI is InChI=1S/C30H22O6S2.C5H11NO2/c31-37(32,27-18-14-25(15-19-27)35-23-8-3-1-4-9-23)29-12-7-13-30(22-29)38(33,34)28-20-16-26(17-21-28)36-24-10-5-2-6-11-24;1-3(2)4(6)5(7)8/h1-22H;3-4H,6H2,1-2H3,(H,7,8)/t;4-/m.0/s1. The van der Waals surface area contributed by atoms with Gasteiger partial charge in [-0.25, -0.2) is 16.8 Å². The van der Waals surface area contributed by atoms with Crippen LogP contribution >= 0.6 is 0 Å². The summed E-state index contributed by atoms with van der Waals surface area (Å²) >= 11 is 0. The molecule has 5 aromatic rings.